The lowest BCUT2D eigenvalue weighted by Crippen LogP contribution is -2.11. The number of aromatic hydroxyl groups is 2. The number of benzene rings is 1. The van der Waals surface area contributed by atoms with E-state index >= 15 is 0 Å². The van der Waals surface area contributed by atoms with E-state index in [-0.39, 0.29) is 36.1 Å². The van der Waals surface area contributed by atoms with Gasteiger partial charge in [-0.3, -0.25) is 9.59 Å². The second-order valence-corrected chi connectivity index (χ2v) is 2.92. The largest absolute Gasteiger partial charge is 0.507 e. The molecule has 0 radical (unpaired) electrons. The van der Waals surface area contributed by atoms with Crippen molar-refractivity contribution >= 4 is 25.1 Å². The van der Waals surface area contributed by atoms with Crippen LogP contribution in [0.15, 0.2) is 24.3 Å². The molecule has 0 saturated carbocycles. The van der Waals surface area contributed by atoms with Crippen molar-refractivity contribution in [2.45, 2.75) is 0 Å². The van der Waals surface area contributed by atoms with Crippen molar-refractivity contribution in [3.8, 4) is 11.5 Å². The number of hydrogen-bond acceptors (Lipinski definition) is 4. The van der Waals surface area contributed by atoms with Gasteiger partial charge >= 0.3 is 0 Å². The topological polar surface area (TPSA) is 74.6 Å². The van der Waals surface area contributed by atoms with Crippen molar-refractivity contribution < 1.29 is 19.8 Å². The molecular weight excluding hydrogens is 216 g/mol. The molecular formula is C10H8O4S. The van der Waals surface area contributed by atoms with Crippen LogP contribution in [0.2, 0.25) is 0 Å². The molecule has 0 spiro atoms. The molecule has 1 aromatic carbocycles. The number of phenolic OH excluding ortho intramolecular Hbond substituents is 2. The molecule has 0 unspecified atom stereocenters. The van der Waals surface area contributed by atoms with Crippen molar-refractivity contribution in [2.24, 2.45) is 0 Å². The number of hydrogen-bond donors (Lipinski definition) is 2. The normalized spacial score (nSPS) is 13.3. The third-order valence-electron chi connectivity index (χ3n) is 2.04. The molecule has 1 aliphatic carbocycles. The minimum absolute atomic E-state index is 0. The Morgan fingerprint density at radius 3 is 1.47 bits per heavy atom. The minimum atomic E-state index is -0.479. The number of rotatable bonds is 0. The third kappa shape index (κ3) is 1.61. The van der Waals surface area contributed by atoms with Gasteiger partial charge < -0.3 is 10.2 Å². The number of phenols is 2. The monoisotopic (exact) mass is 224 g/mol. The van der Waals surface area contributed by atoms with Crippen LogP contribution in [0.1, 0.15) is 20.7 Å². The van der Waals surface area contributed by atoms with Crippen LogP contribution in [0.3, 0.4) is 0 Å². The Morgan fingerprint density at radius 1 is 0.800 bits per heavy atom. The lowest BCUT2D eigenvalue weighted by molar-refractivity contribution is 0.0989. The fourth-order valence-electron chi connectivity index (χ4n) is 1.40. The van der Waals surface area contributed by atoms with E-state index in [1.807, 2.05) is 0 Å². The smallest absolute Gasteiger partial charge is 0.190 e. The van der Waals surface area contributed by atoms with Gasteiger partial charge in [-0.1, -0.05) is 0 Å². The maximum Gasteiger partial charge on any atom is 0.190 e. The van der Waals surface area contributed by atoms with E-state index in [0.29, 0.717) is 0 Å². The van der Waals surface area contributed by atoms with Crippen LogP contribution >= 0.6 is 13.5 Å². The highest BCUT2D eigenvalue weighted by Gasteiger charge is 2.25. The highest BCUT2D eigenvalue weighted by molar-refractivity contribution is 7.59. The van der Waals surface area contributed by atoms with Crippen LogP contribution in [0, 0.1) is 0 Å². The van der Waals surface area contributed by atoms with Gasteiger partial charge in [0.1, 0.15) is 11.5 Å². The molecule has 2 rings (SSSR count). The van der Waals surface area contributed by atoms with Crippen molar-refractivity contribution in [2.75, 3.05) is 0 Å². The molecule has 0 atom stereocenters. The highest BCUT2D eigenvalue weighted by atomic mass is 32.1. The molecule has 0 bridgehead atoms. The van der Waals surface area contributed by atoms with Gasteiger partial charge in [0.05, 0.1) is 11.1 Å². The van der Waals surface area contributed by atoms with Gasteiger partial charge in [-0.25, -0.2) is 0 Å². The molecule has 4 nitrogen and oxygen atoms in total. The average Bonchev–Trinajstić information content (AvgIpc) is 2.16. The zero-order valence-electron chi connectivity index (χ0n) is 7.52. The second-order valence-electron chi connectivity index (χ2n) is 2.92. The molecule has 78 valence electrons. The highest BCUT2D eigenvalue weighted by Crippen LogP contribution is 2.32. The molecule has 15 heavy (non-hydrogen) atoms. The summed E-state index contributed by atoms with van der Waals surface area (Å²) in [6.45, 7) is 0. The zero-order valence-corrected chi connectivity index (χ0v) is 8.52. The molecule has 5 heteroatoms. The SMILES string of the molecule is O=C1C=CC(=O)c2c(O)ccc(O)c21.S. The van der Waals surface area contributed by atoms with E-state index in [1.165, 1.54) is 12.1 Å². The van der Waals surface area contributed by atoms with E-state index in [9.17, 15) is 19.8 Å². The Labute approximate surface area is 92.3 Å². The molecule has 0 saturated heterocycles. The van der Waals surface area contributed by atoms with Gasteiger partial charge in [0.25, 0.3) is 0 Å². The van der Waals surface area contributed by atoms with Gasteiger partial charge in [0, 0.05) is 0 Å². The quantitative estimate of drug-likeness (QED) is 0.648. The standard InChI is InChI=1S/C10H6O4.H2S/c11-5-1-2-6(12)10-8(14)4-3-7(13)9(5)10;/h1-4,11-12H;1H2. The van der Waals surface area contributed by atoms with E-state index < -0.39 is 11.6 Å². The van der Waals surface area contributed by atoms with Crippen molar-refractivity contribution in [3.05, 3.63) is 35.4 Å². The number of fused-ring (bicyclic) bond motifs is 1. The lowest BCUT2D eigenvalue weighted by atomic mass is 9.93. The van der Waals surface area contributed by atoms with Gasteiger partial charge in [0.2, 0.25) is 0 Å². The first-order valence-corrected chi connectivity index (χ1v) is 3.93. The number of allylic oxidation sites excluding steroid dienone is 2. The molecule has 0 heterocycles. The van der Waals surface area contributed by atoms with Gasteiger partial charge in [-0.05, 0) is 24.3 Å². The van der Waals surface area contributed by atoms with E-state index in [1.54, 1.807) is 0 Å². The van der Waals surface area contributed by atoms with Crippen LogP contribution in [0.4, 0.5) is 0 Å². The van der Waals surface area contributed by atoms with Crippen molar-refractivity contribution in [1.82, 2.24) is 0 Å². The second kappa shape index (κ2) is 3.78. The molecule has 1 aromatic rings. The molecule has 0 fully saturated rings. The van der Waals surface area contributed by atoms with Crippen molar-refractivity contribution in [3.63, 3.8) is 0 Å². The summed E-state index contributed by atoms with van der Waals surface area (Å²) in [6, 6.07) is 2.36. The van der Waals surface area contributed by atoms with E-state index in [4.69, 9.17) is 0 Å². The average molecular weight is 224 g/mol. The summed E-state index contributed by atoms with van der Waals surface area (Å²) in [6.07, 6.45) is 2.15. The number of carbonyl (C=O) groups excluding carboxylic acids is 2. The summed E-state index contributed by atoms with van der Waals surface area (Å²) >= 11 is 0. The summed E-state index contributed by atoms with van der Waals surface area (Å²) in [5.74, 6) is -1.54. The predicted octanol–water partition coefficient (Wildman–Crippen LogP) is 1.15. The van der Waals surface area contributed by atoms with Gasteiger partial charge in [0.15, 0.2) is 11.6 Å². The Hall–Kier alpha value is -1.75. The van der Waals surface area contributed by atoms with Crippen LogP contribution in [-0.2, 0) is 0 Å². The molecule has 1 aliphatic rings. The van der Waals surface area contributed by atoms with Crippen LogP contribution in [-0.4, -0.2) is 21.8 Å². The molecule has 0 aliphatic heterocycles. The van der Waals surface area contributed by atoms with Gasteiger partial charge in [-0.15, -0.1) is 0 Å². The Balaban J connectivity index is 0.00000112. The third-order valence-corrected chi connectivity index (χ3v) is 2.04. The first-order chi connectivity index (χ1) is 6.61. The van der Waals surface area contributed by atoms with E-state index in [2.05, 4.69) is 0 Å². The summed E-state index contributed by atoms with van der Waals surface area (Å²) in [7, 11) is 0. The lowest BCUT2D eigenvalue weighted by Gasteiger charge is -2.11. The first-order valence-electron chi connectivity index (χ1n) is 3.93. The Kier molecular flexibility index (Phi) is 2.85. The number of carbonyl (C=O) groups is 2. The van der Waals surface area contributed by atoms with Gasteiger partial charge in [-0.2, -0.15) is 13.5 Å². The molecule has 0 aromatic heterocycles. The van der Waals surface area contributed by atoms with Crippen molar-refractivity contribution in [1.29, 1.82) is 0 Å². The van der Waals surface area contributed by atoms with Crippen LogP contribution < -0.4 is 0 Å². The molecule has 2 N–H and O–H groups in total. The van der Waals surface area contributed by atoms with E-state index in [0.717, 1.165) is 12.2 Å². The summed E-state index contributed by atoms with van der Waals surface area (Å²) in [5.41, 5.74) is -0.255. The Morgan fingerprint density at radius 2 is 1.13 bits per heavy atom. The summed E-state index contributed by atoms with van der Waals surface area (Å²) < 4.78 is 0. The van der Waals surface area contributed by atoms with Crippen LogP contribution in [0.5, 0.6) is 11.5 Å². The minimum Gasteiger partial charge on any atom is -0.507 e. The molecule has 0 amide bonds. The van der Waals surface area contributed by atoms with Crippen LogP contribution in [0.25, 0.3) is 0 Å². The first kappa shape index (κ1) is 11.3. The fraction of sp³-hybridized carbons (Fsp3) is 0. The summed E-state index contributed by atoms with van der Waals surface area (Å²) in [5, 5.41) is 18.7. The number of ketones is 2. The predicted molar refractivity (Wildman–Crippen MR) is 58.0 cm³/mol. The maximum absolute atomic E-state index is 11.3. The fourth-order valence-corrected chi connectivity index (χ4v) is 1.40. The zero-order chi connectivity index (χ0) is 10.3. The Bertz CT molecular complexity index is 434. The summed E-state index contributed by atoms with van der Waals surface area (Å²) in [4.78, 5) is 22.6. The maximum atomic E-state index is 11.3.